The van der Waals surface area contributed by atoms with Crippen LogP contribution in [0.1, 0.15) is 50.7 Å². The van der Waals surface area contributed by atoms with E-state index in [4.69, 9.17) is 0 Å². The van der Waals surface area contributed by atoms with Gasteiger partial charge < -0.3 is 4.98 Å². The predicted molar refractivity (Wildman–Crippen MR) is 120 cm³/mol. The maximum absolute atomic E-state index is 4.39. The van der Waals surface area contributed by atoms with E-state index in [0.29, 0.717) is 5.41 Å². The normalized spacial score (nSPS) is 19.8. The zero-order valence-corrected chi connectivity index (χ0v) is 17.6. The van der Waals surface area contributed by atoms with Gasteiger partial charge in [0.25, 0.3) is 0 Å². The van der Waals surface area contributed by atoms with Crippen molar-refractivity contribution in [3.05, 3.63) is 66.0 Å². The Balaban J connectivity index is 1.34. The molecule has 0 radical (unpaired) electrons. The second kappa shape index (κ2) is 7.46. The van der Waals surface area contributed by atoms with Crippen LogP contribution >= 0.6 is 0 Å². The van der Waals surface area contributed by atoms with Gasteiger partial charge in [-0.3, -0.25) is 4.90 Å². The van der Waals surface area contributed by atoms with Crippen molar-refractivity contribution >= 4 is 0 Å². The molecule has 2 heterocycles. The highest BCUT2D eigenvalue weighted by molar-refractivity contribution is 5.71. The highest BCUT2D eigenvalue weighted by Gasteiger charge is 2.31. The number of hydrogen-bond acceptors (Lipinski definition) is 2. The van der Waals surface area contributed by atoms with Crippen molar-refractivity contribution < 1.29 is 0 Å². The largest absolute Gasteiger partial charge is 0.345 e. The van der Waals surface area contributed by atoms with Crippen molar-refractivity contribution in [2.24, 2.45) is 5.41 Å². The van der Waals surface area contributed by atoms with Crippen LogP contribution in [0.3, 0.4) is 0 Å². The lowest BCUT2D eigenvalue weighted by atomic mass is 9.75. The van der Waals surface area contributed by atoms with Gasteiger partial charge in [-0.1, -0.05) is 50.2 Å². The fourth-order valence-electron chi connectivity index (χ4n) is 5.08. The summed E-state index contributed by atoms with van der Waals surface area (Å²) in [7, 11) is 0. The molecule has 5 rings (SSSR count). The summed E-state index contributed by atoms with van der Waals surface area (Å²) in [6.45, 7) is 7.18. The lowest BCUT2D eigenvalue weighted by Gasteiger charge is -2.42. The molecule has 0 bridgehead atoms. The molecule has 0 spiro atoms. The van der Waals surface area contributed by atoms with E-state index in [1.165, 1.54) is 60.9 Å². The third-order valence-corrected chi connectivity index (χ3v) is 7.04. The highest BCUT2D eigenvalue weighted by Crippen LogP contribution is 2.38. The molecule has 3 heteroatoms. The number of imidazole rings is 1. The molecule has 2 aliphatic rings. The molecule has 0 unspecified atom stereocenters. The number of benzene rings is 2. The van der Waals surface area contributed by atoms with Crippen LogP contribution in [-0.2, 0) is 13.0 Å². The maximum atomic E-state index is 4.39. The molecule has 2 aromatic carbocycles. The summed E-state index contributed by atoms with van der Waals surface area (Å²) in [5.41, 5.74) is 7.30. The summed E-state index contributed by atoms with van der Waals surface area (Å²) in [4.78, 5) is 10.3. The smallest absolute Gasteiger partial charge is 0.137 e. The lowest BCUT2D eigenvalue weighted by molar-refractivity contribution is 0.0966. The Morgan fingerprint density at radius 2 is 1.76 bits per heavy atom. The van der Waals surface area contributed by atoms with Crippen LogP contribution in [0.2, 0.25) is 0 Å². The molecule has 0 atom stereocenters. The van der Waals surface area contributed by atoms with Gasteiger partial charge in [-0.05, 0) is 65.8 Å². The Morgan fingerprint density at radius 3 is 2.55 bits per heavy atom. The fourth-order valence-corrected chi connectivity index (χ4v) is 5.08. The minimum absolute atomic E-state index is 0.545. The van der Waals surface area contributed by atoms with Crippen LogP contribution < -0.4 is 0 Å². The molecule has 29 heavy (non-hydrogen) atoms. The molecule has 150 valence electrons. The van der Waals surface area contributed by atoms with E-state index in [1.54, 1.807) is 6.20 Å². The van der Waals surface area contributed by atoms with E-state index in [1.807, 2.05) is 6.20 Å². The summed E-state index contributed by atoms with van der Waals surface area (Å²) < 4.78 is 0. The molecule has 1 N–H and O–H groups in total. The van der Waals surface area contributed by atoms with Crippen LogP contribution in [0.15, 0.2) is 54.9 Å². The Bertz CT molecular complexity index is 977. The van der Waals surface area contributed by atoms with Crippen molar-refractivity contribution in [1.82, 2.24) is 14.9 Å². The van der Waals surface area contributed by atoms with Gasteiger partial charge in [-0.15, -0.1) is 0 Å². The SMILES string of the molecule is CC1(C)CCC(N2CCc3cc(-c4cccc(-c5ncc[nH]5)c4)ccc3C2)CC1. The maximum Gasteiger partial charge on any atom is 0.137 e. The second-order valence-corrected chi connectivity index (χ2v) is 9.62. The van der Waals surface area contributed by atoms with Gasteiger partial charge in [-0.2, -0.15) is 0 Å². The molecule has 1 saturated carbocycles. The van der Waals surface area contributed by atoms with Crippen LogP contribution in [0.25, 0.3) is 22.5 Å². The average Bonchev–Trinajstić information content (AvgIpc) is 3.28. The zero-order valence-electron chi connectivity index (χ0n) is 17.6. The van der Waals surface area contributed by atoms with Gasteiger partial charge in [0.05, 0.1) is 0 Å². The van der Waals surface area contributed by atoms with E-state index in [0.717, 1.165) is 24.0 Å². The molecule has 3 nitrogen and oxygen atoms in total. The Morgan fingerprint density at radius 1 is 0.966 bits per heavy atom. The molecule has 1 aliphatic heterocycles. The van der Waals surface area contributed by atoms with Crippen molar-refractivity contribution in [1.29, 1.82) is 0 Å². The monoisotopic (exact) mass is 385 g/mol. The highest BCUT2D eigenvalue weighted by atomic mass is 15.2. The third-order valence-electron chi connectivity index (χ3n) is 7.04. The summed E-state index contributed by atoms with van der Waals surface area (Å²) in [5, 5.41) is 0. The average molecular weight is 386 g/mol. The van der Waals surface area contributed by atoms with Gasteiger partial charge in [-0.25, -0.2) is 4.98 Å². The third kappa shape index (κ3) is 3.89. The number of hydrogen-bond donors (Lipinski definition) is 1. The Labute approximate surface area is 174 Å². The first kappa shape index (κ1) is 18.6. The van der Waals surface area contributed by atoms with Crippen LogP contribution in [0.5, 0.6) is 0 Å². The van der Waals surface area contributed by atoms with E-state index < -0.39 is 0 Å². The first-order valence-electron chi connectivity index (χ1n) is 11.0. The van der Waals surface area contributed by atoms with Crippen molar-refractivity contribution in [2.75, 3.05) is 6.54 Å². The number of fused-ring (bicyclic) bond motifs is 1. The number of nitrogens with zero attached hydrogens (tertiary/aromatic N) is 2. The number of nitrogens with one attached hydrogen (secondary N) is 1. The summed E-state index contributed by atoms with van der Waals surface area (Å²) in [6, 6.07) is 16.5. The second-order valence-electron chi connectivity index (χ2n) is 9.62. The topological polar surface area (TPSA) is 31.9 Å². The molecule has 1 aliphatic carbocycles. The van der Waals surface area contributed by atoms with Crippen LogP contribution in [0, 0.1) is 5.41 Å². The van der Waals surface area contributed by atoms with Gasteiger partial charge in [0, 0.05) is 37.1 Å². The standard InChI is InChI=1S/C26H31N3/c1-26(2)11-8-24(9-12-26)29-15-10-21-16-20(6-7-23(21)18-29)19-4-3-5-22(17-19)25-27-13-14-28-25/h3-7,13-14,16-17,24H,8-12,15,18H2,1-2H3,(H,27,28). The quantitative estimate of drug-likeness (QED) is 0.593. The van der Waals surface area contributed by atoms with Gasteiger partial charge >= 0.3 is 0 Å². The minimum Gasteiger partial charge on any atom is -0.345 e. The number of aromatic nitrogens is 2. The fraction of sp³-hybridized carbons (Fsp3) is 0.423. The van der Waals surface area contributed by atoms with E-state index in [-0.39, 0.29) is 0 Å². The van der Waals surface area contributed by atoms with E-state index >= 15 is 0 Å². The molecule has 0 saturated heterocycles. The van der Waals surface area contributed by atoms with Crippen LogP contribution in [0.4, 0.5) is 0 Å². The number of H-pyrrole nitrogens is 1. The molecule has 1 fully saturated rings. The van der Waals surface area contributed by atoms with E-state index in [2.05, 4.69) is 71.2 Å². The van der Waals surface area contributed by atoms with Crippen molar-refractivity contribution in [3.8, 4) is 22.5 Å². The molecule has 1 aromatic heterocycles. The van der Waals surface area contributed by atoms with Crippen LogP contribution in [-0.4, -0.2) is 27.5 Å². The number of aromatic amines is 1. The van der Waals surface area contributed by atoms with Gasteiger partial charge in [0.15, 0.2) is 0 Å². The molecular formula is C26H31N3. The van der Waals surface area contributed by atoms with Crippen molar-refractivity contribution in [3.63, 3.8) is 0 Å². The first-order valence-corrected chi connectivity index (χ1v) is 11.0. The summed E-state index contributed by atoms with van der Waals surface area (Å²) >= 11 is 0. The molecule has 0 amide bonds. The summed E-state index contributed by atoms with van der Waals surface area (Å²) in [5.74, 6) is 0.927. The Kier molecular flexibility index (Phi) is 4.79. The predicted octanol–water partition coefficient (Wildman–Crippen LogP) is 6.07. The summed E-state index contributed by atoms with van der Waals surface area (Å²) in [6.07, 6.45) is 10.3. The van der Waals surface area contributed by atoms with Gasteiger partial charge in [0.2, 0.25) is 0 Å². The van der Waals surface area contributed by atoms with Gasteiger partial charge in [0.1, 0.15) is 5.82 Å². The van der Waals surface area contributed by atoms with Crippen molar-refractivity contribution in [2.45, 2.75) is 58.5 Å². The van der Waals surface area contributed by atoms with E-state index in [9.17, 15) is 0 Å². The Hall–Kier alpha value is -2.39. The minimum atomic E-state index is 0.545. The molecule has 3 aromatic rings. The number of rotatable bonds is 3. The first-order chi connectivity index (χ1) is 14.1. The lowest BCUT2D eigenvalue weighted by Crippen LogP contribution is -2.42. The zero-order chi connectivity index (χ0) is 19.8. The molecular weight excluding hydrogens is 354 g/mol.